The van der Waals surface area contributed by atoms with Crippen LogP contribution in [0.3, 0.4) is 0 Å². The van der Waals surface area contributed by atoms with E-state index in [1.165, 1.54) is 6.33 Å². The van der Waals surface area contributed by atoms with Gasteiger partial charge in [0.05, 0.1) is 0 Å². The maximum atomic E-state index is 5.97. The van der Waals surface area contributed by atoms with Gasteiger partial charge in [0.1, 0.15) is 17.3 Å². The number of aromatic nitrogens is 2. The Balaban J connectivity index is 3.12. The van der Waals surface area contributed by atoms with Crippen molar-refractivity contribution >= 4 is 17.4 Å². The lowest BCUT2D eigenvalue weighted by molar-refractivity contribution is 0.466. The van der Waals surface area contributed by atoms with Crippen LogP contribution in [0.15, 0.2) is 6.33 Å². The van der Waals surface area contributed by atoms with Crippen LogP contribution >= 0.6 is 11.6 Å². The molecule has 1 aromatic heterocycles. The maximum Gasteiger partial charge on any atom is 0.137 e. The van der Waals surface area contributed by atoms with Crippen LogP contribution in [0.25, 0.3) is 0 Å². The summed E-state index contributed by atoms with van der Waals surface area (Å²) in [6, 6.07) is 0. The summed E-state index contributed by atoms with van der Waals surface area (Å²) in [6.45, 7) is 8.47. The molecule has 0 spiro atoms. The average Bonchev–Trinajstić information content (AvgIpc) is 2.21. The molecule has 1 heterocycles. The van der Waals surface area contributed by atoms with Gasteiger partial charge in [0, 0.05) is 18.2 Å². The van der Waals surface area contributed by atoms with Crippen molar-refractivity contribution in [1.29, 1.82) is 0 Å². The topological polar surface area (TPSA) is 29.0 Å². The standard InChI is InChI=1S/C11H18ClN3/c1-6-11(3,4)15(5)10-8(2)9(12)13-7-14-10/h7H,6H2,1-5H3. The van der Waals surface area contributed by atoms with Crippen molar-refractivity contribution in [3.8, 4) is 0 Å². The SMILES string of the molecule is CCC(C)(C)N(C)c1ncnc(Cl)c1C. The minimum Gasteiger partial charge on any atom is -0.354 e. The third kappa shape index (κ3) is 2.40. The van der Waals surface area contributed by atoms with Crippen molar-refractivity contribution in [1.82, 2.24) is 9.97 Å². The summed E-state index contributed by atoms with van der Waals surface area (Å²) in [4.78, 5) is 10.4. The Bertz CT molecular complexity index is 350. The first-order valence-electron chi connectivity index (χ1n) is 5.11. The minimum atomic E-state index is 0.0719. The molecule has 0 saturated carbocycles. The molecule has 0 N–H and O–H groups in total. The second kappa shape index (κ2) is 4.35. The predicted octanol–water partition coefficient (Wildman–Crippen LogP) is 3.06. The molecule has 0 radical (unpaired) electrons. The Morgan fingerprint density at radius 3 is 2.53 bits per heavy atom. The van der Waals surface area contributed by atoms with E-state index in [9.17, 15) is 0 Å². The van der Waals surface area contributed by atoms with Gasteiger partial charge in [0.15, 0.2) is 0 Å². The summed E-state index contributed by atoms with van der Waals surface area (Å²) in [5.74, 6) is 0.904. The molecule has 0 bridgehead atoms. The van der Waals surface area contributed by atoms with Crippen LogP contribution in [0.2, 0.25) is 5.15 Å². The van der Waals surface area contributed by atoms with E-state index in [0.29, 0.717) is 5.15 Å². The van der Waals surface area contributed by atoms with E-state index in [0.717, 1.165) is 17.8 Å². The Morgan fingerprint density at radius 2 is 2.00 bits per heavy atom. The molecular formula is C11H18ClN3. The second-order valence-electron chi connectivity index (χ2n) is 4.34. The summed E-state index contributed by atoms with van der Waals surface area (Å²) >= 11 is 5.97. The molecule has 1 rings (SSSR count). The van der Waals surface area contributed by atoms with Crippen molar-refractivity contribution in [3.63, 3.8) is 0 Å². The fourth-order valence-corrected chi connectivity index (χ4v) is 1.41. The van der Waals surface area contributed by atoms with Gasteiger partial charge in [0.25, 0.3) is 0 Å². The van der Waals surface area contributed by atoms with Gasteiger partial charge in [0.2, 0.25) is 0 Å². The zero-order valence-corrected chi connectivity index (χ0v) is 10.8. The molecule has 0 atom stereocenters. The molecule has 3 nitrogen and oxygen atoms in total. The summed E-state index contributed by atoms with van der Waals surface area (Å²) < 4.78 is 0. The first-order valence-corrected chi connectivity index (χ1v) is 5.49. The van der Waals surface area contributed by atoms with Crippen molar-refractivity contribution in [2.75, 3.05) is 11.9 Å². The summed E-state index contributed by atoms with van der Waals surface area (Å²) in [5.41, 5.74) is 1.01. The van der Waals surface area contributed by atoms with Gasteiger partial charge in [-0.2, -0.15) is 0 Å². The van der Waals surface area contributed by atoms with Crippen LogP contribution in [-0.4, -0.2) is 22.6 Å². The van der Waals surface area contributed by atoms with Gasteiger partial charge in [-0.15, -0.1) is 0 Å². The molecule has 0 aliphatic heterocycles. The zero-order valence-electron chi connectivity index (χ0n) is 10.0. The minimum absolute atomic E-state index is 0.0719. The van der Waals surface area contributed by atoms with Crippen molar-refractivity contribution in [2.24, 2.45) is 0 Å². The quantitative estimate of drug-likeness (QED) is 0.744. The van der Waals surface area contributed by atoms with E-state index in [1.54, 1.807) is 0 Å². The van der Waals surface area contributed by atoms with Gasteiger partial charge in [-0.05, 0) is 27.2 Å². The molecule has 0 aliphatic rings. The van der Waals surface area contributed by atoms with Gasteiger partial charge in [-0.25, -0.2) is 9.97 Å². The highest BCUT2D eigenvalue weighted by Gasteiger charge is 2.24. The second-order valence-corrected chi connectivity index (χ2v) is 4.70. The van der Waals surface area contributed by atoms with Gasteiger partial charge >= 0.3 is 0 Å². The van der Waals surface area contributed by atoms with Crippen LogP contribution in [0.4, 0.5) is 5.82 Å². The van der Waals surface area contributed by atoms with E-state index in [-0.39, 0.29) is 5.54 Å². The highest BCUT2D eigenvalue weighted by molar-refractivity contribution is 6.30. The molecular weight excluding hydrogens is 210 g/mol. The summed E-state index contributed by atoms with van der Waals surface area (Å²) in [5, 5.41) is 0.527. The van der Waals surface area contributed by atoms with E-state index < -0.39 is 0 Å². The largest absolute Gasteiger partial charge is 0.354 e. The highest BCUT2D eigenvalue weighted by atomic mass is 35.5. The number of nitrogens with zero attached hydrogens (tertiary/aromatic N) is 3. The Morgan fingerprint density at radius 1 is 1.40 bits per heavy atom. The number of halogens is 1. The van der Waals surface area contributed by atoms with Crippen LogP contribution in [0.1, 0.15) is 32.8 Å². The van der Waals surface area contributed by atoms with E-state index >= 15 is 0 Å². The van der Waals surface area contributed by atoms with Crippen LogP contribution in [0, 0.1) is 6.92 Å². The molecule has 84 valence electrons. The van der Waals surface area contributed by atoms with Crippen LogP contribution in [-0.2, 0) is 0 Å². The molecule has 15 heavy (non-hydrogen) atoms. The average molecular weight is 228 g/mol. The maximum absolute atomic E-state index is 5.97. The Labute approximate surface area is 96.5 Å². The smallest absolute Gasteiger partial charge is 0.137 e. The molecule has 0 aliphatic carbocycles. The van der Waals surface area contributed by atoms with Gasteiger partial charge in [-0.3, -0.25) is 0 Å². The van der Waals surface area contributed by atoms with Crippen LogP contribution < -0.4 is 4.90 Å². The van der Waals surface area contributed by atoms with Crippen molar-refractivity contribution in [2.45, 2.75) is 39.7 Å². The molecule has 0 aromatic carbocycles. The molecule has 1 aromatic rings. The Hall–Kier alpha value is -0.830. The summed E-state index contributed by atoms with van der Waals surface area (Å²) in [6.07, 6.45) is 2.55. The third-order valence-electron chi connectivity index (χ3n) is 3.09. The lowest BCUT2D eigenvalue weighted by atomic mass is 9.99. The molecule has 0 saturated heterocycles. The first-order chi connectivity index (χ1) is 6.90. The molecule has 0 unspecified atom stereocenters. The fraction of sp³-hybridized carbons (Fsp3) is 0.636. The van der Waals surface area contributed by atoms with Crippen molar-refractivity contribution < 1.29 is 0 Å². The van der Waals surface area contributed by atoms with Crippen LogP contribution in [0.5, 0.6) is 0 Å². The number of hydrogen-bond acceptors (Lipinski definition) is 3. The zero-order chi connectivity index (χ0) is 11.6. The lowest BCUT2D eigenvalue weighted by Gasteiger charge is -2.36. The molecule has 0 amide bonds. The third-order valence-corrected chi connectivity index (χ3v) is 3.47. The number of hydrogen-bond donors (Lipinski definition) is 0. The first kappa shape index (κ1) is 12.2. The van der Waals surface area contributed by atoms with Gasteiger partial charge in [-0.1, -0.05) is 18.5 Å². The monoisotopic (exact) mass is 227 g/mol. The van der Waals surface area contributed by atoms with Crippen molar-refractivity contribution in [3.05, 3.63) is 17.0 Å². The van der Waals surface area contributed by atoms with E-state index in [1.807, 2.05) is 14.0 Å². The predicted molar refractivity (Wildman–Crippen MR) is 64.6 cm³/mol. The number of rotatable bonds is 3. The van der Waals surface area contributed by atoms with Gasteiger partial charge < -0.3 is 4.90 Å². The Kier molecular flexibility index (Phi) is 3.55. The molecule has 4 heteroatoms. The highest BCUT2D eigenvalue weighted by Crippen LogP contribution is 2.27. The normalized spacial score (nSPS) is 11.6. The number of anilines is 1. The fourth-order valence-electron chi connectivity index (χ4n) is 1.28. The lowest BCUT2D eigenvalue weighted by Crippen LogP contribution is -2.41. The summed E-state index contributed by atoms with van der Waals surface area (Å²) in [7, 11) is 2.04. The van der Waals surface area contributed by atoms with E-state index in [4.69, 9.17) is 11.6 Å². The van der Waals surface area contributed by atoms with E-state index in [2.05, 4.69) is 35.6 Å². The molecule has 0 fully saturated rings.